The van der Waals surface area contributed by atoms with Crippen LogP contribution in [0.2, 0.25) is 11.6 Å². The fourth-order valence-corrected chi connectivity index (χ4v) is 8.61. The Balaban J connectivity index is 1.52. The number of phenols is 1. The minimum Gasteiger partial charge on any atom is -0.504 e. The van der Waals surface area contributed by atoms with E-state index >= 15 is 0 Å². The average Bonchev–Trinajstić information content (AvgIpc) is 3.47. The molecule has 0 aromatic heterocycles. The number of benzene rings is 1. The van der Waals surface area contributed by atoms with Crippen LogP contribution in [0.3, 0.4) is 0 Å². The van der Waals surface area contributed by atoms with Crippen LogP contribution in [0.5, 0.6) is 11.5 Å². The molecular formula is C23H27B2NO3. The number of rotatable bonds is 3. The highest BCUT2D eigenvalue weighted by Crippen LogP contribution is 2.80. The molecule has 1 N–H and O–H groups in total. The summed E-state index contributed by atoms with van der Waals surface area (Å²) in [6, 6.07) is 4.32. The minimum atomic E-state index is -0.593. The van der Waals surface area contributed by atoms with E-state index in [9.17, 15) is 5.11 Å². The van der Waals surface area contributed by atoms with Crippen LogP contribution < -0.4 is 4.74 Å². The lowest BCUT2D eigenvalue weighted by Gasteiger charge is -2.76. The summed E-state index contributed by atoms with van der Waals surface area (Å²) in [5, 5.41) is 10.7. The normalized spacial score (nSPS) is 49.0. The minimum absolute atomic E-state index is 0.115. The van der Waals surface area contributed by atoms with Crippen molar-refractivity contribution in [3.05, 3.63) is 23.3 Å². The highest BCUT2D eigenvalue weighted by molar-refractivity contribution is 6.23. The molecule has 2 unspecified atom stereocenters. The molecule has 29 heavy (non-hydrogen) atoms. The fraction of sp³-hybridized carbons (Fsp3) is 0.739. The topological polar surface area (TPSA) is 41.9 Å². The van der Waals surface area contributed by atoms with E-state index < -0.39 is 5.60 Å². The molecule has 4 radical (unpaired) electrons. The average molecular weight is 387 g/mol. The van der Waals surface area contributed by atoms with Gasteiger partial charge in [-0.1, -0.05) is 11.9 Å². The van der Waals surface area contributed by atoms with Gasteiger partial charge in [0.1, 0.15) is 11.7 Å². The molecule has 5 aliphatic carbocycles. The maximum absolute atomic E-state index is 10.7. The van der Waals surface area contributed by atoms with E-state index in [-0.39, 0.29) is 34.3 Å². The van der Waals surface area contributed by atoms with Gasteiger partial charge in [-0.05, 0) is 73.8 Å². The highest BCUT2D eigenvalue weighted by atomic mass is 16.6. The second kappa shape index (κ2) is 5.19. The van der Waals surface area contributed by atoms with Crippen molar-refractivity contribution in [3.8, 4) is 11.5 Å². The van der Waals surface area contributed by atoms with E-state index in [1.54, 1.807) is 7.11 Å². The molecule has 8 rings (SSSR count). The third-order valence-electron chi connectivity index (χ3n) is 9.91. The van der Waals surface area contributed by atoms with Crippen molar-refractivity contribution in [3.63, 3.8) is 0 Å². The second-order valence-electron chi connectivity index (χ2n) is 10.6. The standard InChI is InChI=1S/C23H27B2NO3/c1-28-23-7-6-21(18(24)19(23)25)15-10-13-4-5-14(27)17-16(13)22(21,20(23)29-17)8-9-26(15)11-12-2-3-12/h4-5,12,15,18-20,27H,2-3,6-11H2,1H3/t15-,18?,19+,20-,21-,22+,23?/m0/s1. The summed E-state index contributed by atoms with van der Waals surface area (Å²) in [5.41, 5.74) is 1.65. The van der Waals surface area contributed by atoms with Crippen LogP contribution in [0, 0.1) is 11.3 Å². The lowest BCUT2D eigenvalue weighted by Crippen LogP contribution is -2.81. The van der Waals surface area contributed by atoms with Crippen LogP contribution in [0.15, 0.2) is 12.1 Å². The Morgan fingerprint density at radius 2 is 2.03 bits per heavy atom. The fourth-order valence-electron chi connectivity index (χ4n) is 8.61. The summed E-state index contributed by atoms with van der Waals surface area (Å²) >= 11 is 0. The molecule has 0 amide bonds. The SMILES string of the molecule is [B]C1[C@@H]([B])C2(OC)CC[C@]13[C@@H]1Cc4ccc(O)c5c4[C@]3(CCN1CC1CC1)[C@@H]2O5. The third kappa shape index (κ3) is 1.67. The lowest BCUT2D eigenvalue weighted by molar-refractivity contribution is -0.249. The van der Waals surface area contributed by atoms with E-state index in [2.05, 4.69) is 11.0 Å². The number of fused-ring (bicyclic) bond motifs is 2. The van der Waals surface area contributed by atoms with E-state index in [0.717, 1.165) is 38.1 Å². The van der Waals surface area contributed by atoms with E-state index in [0.29, 0.717) is 11.8 Å². The maximum Gasteiger partial charge on any atom is 0.165 e. The molecule has 2 heterocycles. The lowest BCUT2D eigenvalue weighted by atomic mass is 9.27. The molecular weight excluding hydrogens is 360 g/mol. The van der Waals surface area contributed by atoms with Crippen LogP contribution in [0.4, 0.5) is 0 Å². The van der Waals surface area contributed by atoms with Crippen molar-refractivity contribution >= 4 is 15.7 Å². The summed E-state index contributed by atoms with van der Waals surface area (Å²) in [4.78, 5) is 2.74. The van der Waals surface area contributed by atoms with Gasteiger partial charge in [-0.15, -0.1) is 0 Å². The number of nitrogens with zero attached hydrogens (tertiary/aromatic N) is 1. The molecule has 1 aromatic rings. The summed E-state index contributed by atoms with van der Waals surface area (Å²) in [6.45, 7) is 2.25. The van der Waals surface area contributed by atoms with Gasteiger partial charge in [0.25, 0.3) is 0 Å². The van der Waals surface area contributed by atoms with Crippen molar-refractivity contribution in [2.24, 2.45) is 11.3 Å². The van der Waals surface area contributed by atoms with Crippen molar-refractivity contribution in [1.29, 1.82) is 0 Å². The predicted octanol–water partition coefficient (Wildman–Crippen LogP) is 2.52. The number of phenolic OH excluding ortho intramolecular Hbond substituents is 1. The van der Waals surface area contributed by atoms with Gasteiger partial charge in [-0.3, -0.25) is 4.90 Å². The van der Waals surface area contributed by atoms with Gasteiger partial charge < -0.3 is 14.6 Å². The Bertz CT molecular complexity index is 922. The van der Waals surface area contributed by atoms with Crippen molar-refractivity contribution < 1.29 is 14.6 Å². The molecule has 7 atom stereocenters. The molecule has 4 nitrogen and oxygen atoms in total. The molecule has 4 bridgehead atoms. The molecule has 2 aliphatic heterocycles. The Labute approximate surface area is 175 Å². The molecule has 1 aromatic carbocycles. The van der Waals surface area contributed by atoms with Crippen LogP contribution in [0.25, 0.3) is 0 Å². The first-order chi connectivity index (χ1) is 14.0. The van der Waals surface area contributed by atoms with Crippen molar-refractivity contribution in [1.82, 2.24) is 4.90 Å². The summed E-state index contributed by atoms with van der Waals surface area (Å²) in [7, 11) is 15.7. The number of ether oxygens (including phenoxy) is 2. The summed E-state index contributed by atoms with van der Waals surface area (Å²) in [5.74, 6) is 1.37. The number of aromatic hydroxyl groups is 1. The molecule has 148 valence electrons. The van der Waals surface area contributed by atoms with Crippen molar-refractivity contribution in [2.75, 3.05) is 20.2 Å². The summed E-state index contributed by atoms with van der Waals surface area (Å²) < 4.78 is 12.9. The molecule has 6 heteroatoms. The second-order valence-corrected chi connectivity index (χ2v) is 10.6. The highest BCUT2D eigenvalue weighted by Gasteiger charge is 2.81. The number of likely N-dealkylation sites (tertiary alicyclic amines) is 1. The molecule has 4 saturated carbocycles. The van der Waals surface area contributed by atoms with Gasteiger partial charge >= 0.3 is 0 Å². The molecule has 2 spiro atoms. The number of piperidine rings is 1. The number of methoxy groups -OCH3 is 1. The zero-order valence-electron chi connectivity index (χ0n) is 17.1. The Morgan fingerprint density at radius 1 is 1.21 bits per heavy atom. The molecule has 7 aliphatic rings. The zero-order valence-corrected chi connectivity index (χ0v) is 17.1. The van der Waals surface area contributed by atoms with Gasteiger partial charge in [0, 0.05) is 30.7 Å². The van der Waals surface area contributed by atoms with E-state index in [1.165, 1.54) is 30.5 Å². The summed E-state index contributed by atoms with van der Waals surface area (Å²) in [6.07, 6.45) is 6.44. The Morgan fingerprint density at radius 3 is 2.79 bits per heavy atom. The number of hydrogen-bond acceptors (Lipinski definition) is 4. The Hall–Kier alpha value is -1.13. The largest absolute Gasteiger partial charge is 0.504 e. The number of hydrogen-bond donors (Lipinski definition) is 1. The van der Waals surface area contributed by atoms with Gasteiger partial charge in [-0.25, -0.2) is 0 Å². The monoisotopic (exact) mass is 387 g/mol. The van der Waals surface area contributed by atoms with Crippen molar-refractivity contribution in [2.45, 2.75) is 73.3 Å². The Kier molecular flexibility index (Phi) is 3.14. The third-order valence-corrected chi connectivity index (χ3v) is 9.91. The molecule has 1 saturated heterocycles. The van der Waals surface area contributed by atoms with Gasteiger partial charge in [0.05, 0.1) is 15.7 Å². The molecule has 5 fully saturated rings. The quantitative estimate of drug-likeness (QED) is 0.810. The van der Waals surface area contributed by atoms with Gasteiger partial charge in [0.15, 0.2) is 11.5 Å². The zero-order chi connectivity index (χ0) is 19.8. The predicted molar refractivity (Wildman–Crippen MR) is 111 cm³/mol. The van der Waals surface area contributed by atoms with E-state index in [1.807, 2.05) is 6.07 Å². The first-order valence-corrected chi connectivity index (χ1v) is 11.3. The van der Waals surface area contributed by atoms with Gasteiger partial charge in [0.2, 0.25) is 0 Å². The van der Waals surface area contributed by atoms with Crippen LogP contribution in [0.1, 0.15) is 43.2 Å². The van der Waals surface area contributed by atoms with Crippen LogP contribution in [-0.4, -0.2) is 63.6 Å². The maximum atomic E-state index is 10.7. The first kappa shape index (κ1) is 17.5. The van der Waals surface area contributed by atoms with Crippen LogP contribution in [-0.2, 0) is 16.6 Å². The smallest absolute Gasteiger partial charge is 0.165 e. The van der Waals surface area contributed by atoms with E-state index in [4.69, 9.17) is 25.2 Å². The van der Waals surface area contributed by atoms with Crippen LogP contribution >= 0.6 is 0 Å². The first-order valence-electron chi connectivity index (χ1n) is 11.3. The van der Waals surface area contributed by atoms with Gasteiger partial charge in [-0.2, -0.15) is 0 Å².